The number of nitrogens with two attached hydrogens (primary N) is 1. The van der Waals surface area contributed by atoms with Crippen LogP contribution < -0.4 is 15.4 Å². The number of halogens is 1. The molecule has 3 N–H and O–H groups in total. The van der Waals surface area contributed by atoms with E-state index in [4.69, 9.17) is 5.73 Å². The summed E-state index contributed by atoms with van der Waals surface area (Å²) >= 11 is 0. The van der Waals surface area contributed by atoms with Gasteiger partial charge in [0.25, 0.3) is 10.0 Å². The molecule has 0 radical (unpaired) electrons. The lowest BCUT2D eigenvalue weighted by molar-refractivity contribution is -0.114. The highest BCUT2D eigenvalue weighted by Crippen LogP contribution is 2.26. The second-order valence-corrected chi connectivity index (χ2v) is 8.13. The average Bonchev–Trinajstić information content (AvgIpc) is 2.73. The number of para-hydroxylation sites is 1. The fraction of sp³-hybridized carbons (Fsp3) is 0.0476. The number of nitrogens with one attached hydrogen (secondary N) is 1. The third-order valence-electron chi connectivity index (χ3n) is 4.19. The zero-order valence-corrected chi connectivity index (χ0v) is 16.5. The van der Waals surface area contributed by atoms with Crippen molar-refractivity contribution in [1.82, 2.24) is 0 Å². The Bertz CT molecular complexity index is 1170. The average molecular weight is 427 g/mol. The molecule has 30 heavy (non-hydrogen) atoms. The number of hydrogen-bond acceptors (Lipinski definition) is 4. The van der Waals surface area contributed by atoms with Gasteiger partial charge in [-0.15, -0.1) is 0 Å². The van der Waals surface area contributed by atoms with Gasteiger partial charge in [0.15, 0.2) is 0 Å². The summed E-state index contributed by atoms with van der Waals surface area (Å²) in [7, 11) is -4.21. The van der Waals surface area contributed by atoms with E-state index in [2.05, 4.69) is 5.32 Å². The monoisotopic (exact) mass is 427 g/mol. The van der Waals surface area contributed by atoms with Crippen molar-refractivity contribution in [3.05, 3.63) is 90.2 Å². The van der Waals surface area contributed by atoms with Crippen LogP contribution in [0.4, 0.5) is 15.8 Å². The highest BCUT2D eigenvalue weighted by atomic mass is 32.2. The fourth-order valence-corrected chi connectivity index (χ4v) is 4.17. The van der Waals surface area contributed by atoms with E-state index in [9.17, 15) is 22.4 Å². The molecule has 0 aliphatic heterocycles. The molecule has 0 aliphatic rings. The molecule has 0 saturated carbocycles. The Morgan fingerprint density at radius 1 is 0.900 bits per heavy atom. The smallest absolute Gasteiger partial charge is 0.264 e. The number of hydrogen-bond donors (Lipinski definition) is 2. The topological polar surface area (TPSA) is 110 Å². The molecular formula is C21H18FN3O4S. The summed E-state index contributed by atoms with van der Waals surface area (Å²) in [5.74, 6) is -2.09. The van der Waals surface area contributed by atoms with Gasteiger partial charge in [0.05, 0.1) is 10.6 Å². The van der Waals surface area contributed by atoms with Crippen molar-refractivity contribution < 1.29 is 22.4 Å². The number of anilines is 2. The number of sulfonamides is 1. The van der Waals surface area contributed by atoms with E-state index >= 15 is 0 Å². The second kappa shape index (κ2) is 8.75. The summed E-state index contributed by atoms with van der Waals surface area (Å²) in [5, 5.41) is 2.53. The van der Waals surface area contributed by atoms with Crippen LogP contribution in [0.1, 0.15) is 10.4 Å². The number of nitrogens with zero attached hydrogens (tertiary/aromatic N) is 1. The van der Waals surface area contributed by atoms with Crippen molar-refractivity contribution in [2.75, 3.05) is 16.2 Å². The van der Waals surface area contributed by atoms with Crippen LogP contribution in [0.25, 0.3) is 0 Å². The van der Waals surface area contributed by atoms with Crippen LogP contribution in [0.5, 0.6) is 0 Å². The van der Waals surface area contributed by atoms with E-state index in [-0.39, 0.29) is 16.1 Å². The molecule has 154 valence electrons. The first-order valence-electron chi connectivity index (χ1n) is 8.81. The molecule has 0 unspecified atom stereocenters. The van der Waals surface area contributed by atoms with Gasteiger partial charge in [-0.05, 0) is 48.5 Å². The number of primary amides is 1. The number of benzene rings is 3. The van der Waals surface area contributed by atoms with E-state index in [0.717, 1.165) is 6.07 Å². The zero-order chi connectivity index (χ0) is 21.7. The summed E-state index contributed by atoms with van der Waals surface area (Å²) in [5.41, 5.74) is 5.51. The molecule has 0 atom stereocenters. The molecular weight excluding hydrogens is 409 g/mol. The SMILES string of the molecule is NC(=O)c1ccc(NC(=O)CN(c2ccccc2F)S(=O)(=O)c2ccccc2)cc1. The van der Waals surface area contributed by atoms with Crippen LogP contribution in [0.15, 0.2) is 83.8 Å². The standard InChI is InChI=1S/C21H18FN3O4S/c22-18-8-4-5-9-19(18)25(30(28,29)17-6-2-1-3-7-17)14-20(26)24-16-12-10-15(11-13-16)21(23)27/h1-13H,14H2,(H2,23,27)(H,24,26). The van der Waals surface area contributed by atoms with Crippen molar-refractivity contribution in [3.63, 3.8) is 0 Å². The highest BCUT2D eigenvalue weighted by Gasteiger charge is 2.29. The Hall–Kier alpha value is -3.72. The first kappa shape index (κ1) is 21.0. The van der Waals surface area contributed by atoms with Gasteiger partial charge in [0.2, 0.25) is 11.8 Å². The van der Waals surface area contributed by atoms with Crippen LogP contribution in [0.2, 0.25) is 0 Å². The predicted octanol–water partition coefficient (Wildman–Crippen LogP) is 2.76. The Morgan fingerprint density at radius 2 is 1.50 bits per heavy atom. The third-order valence-corrected chi connectivity index (χ3v) is 5.97. The fourth-order valence-electron chi connectivity index (χ4n) is 2.72. The van der Waals surface area contributed by atoms with Crippen LogP contribution in [0, 0.1) is 5.82 Å². The minimum absolute atomic E-state index is 0.0770. The van der Waals surface area contributed by atoms with Gasteiger partial charge in [-0.2, -0.15) is 0 Å². The Morgan fingerprint density at radius 3 is 2.10 bits per heavy atom. The molecule has 0 fully saturated rings. The summed E-state index contributed by atoms with van der Waals surface area (Å²) in [6, 6.07) is 18.5. The first-order chi connectivity index (χ1) is 14.3. The summed E-state index contributed by atoms with van der Waals surface area (Å²) in [6.07, 6.45) is 0. The lowest BCUT2D eigenvalue weighted by Gasteiger charge is -2.24. The van der Waals surface area contributed by atoms with Crippen LogP contribution in [-0.4, -0.2) is 26.8 Å². The number of rotatable bonds is 7. The Kier molecular flexibility index (Phi) is 6.12. The van der Waals surface area contributed by atoms with E-state index in [1.807, 2.05) is 0 Å². The summed E-state index contributed by atoms with van der Waals surface area (Å²) in [6.45, 7) is -0.657. The van der Waals surface area contributed by atoms with Crippen LogP contribution in [-0.2, 0) is 14.8 Å². The maximum absolute atomic E-state index is 14.4. The summed E-state index contributed by atoms with van der Waals surface area (Å²) < 4.78 is 41.4. The van der Waals surface area contributed by atoms with E-state index in [1.165, 1.54) is 66.7 Å². The highest BCUT2D eigenvalue weighted by molar-refractivity contribution is 7.92. The third kappa shape index (κ3) is 4.64. The largest absolute Gasteiger partial charge is 0.366 e. The van der Waals surface area contributed by atoms with Gasteiger partial charge >= 0.3 is 0 Å². The second-order valence-electron chi connectivity index (χ2n) is 6.27. The molecule has 3 rings (SSSR count). The zero-order valence-electron chi connectivity index (χ0n) is 15.7. The molecule has 3 aromatic carbocycles. The molecule has 0 bridgehead atoms. The Labute approximate surface area is 173 Å². The minimum atomic E-state index is -4.21. The maximum atomic E-state index is 14.4. The maximum Gasteiger partial charge on any atom is 0.264 e. The lowest BCUT2D eigenvalue weighted by Crippen LogP contribution is -2.38. The summed E-state index contributed by atoms with van der Waals surface area (Å²) in [4.78, 5) is 23.6. The van der Waals surface area contributed by atoms with Crippen molar-refractivity contribution >= 4 is 33.2 Å². The molecule has 0 spiro atoms. The van der Waals surface area contributed by atoms with Gasteiger partial charge in [-0.3, -0.25) is 13.9 Å². The number of amides is 2. The molecule has 9 heteroatoms. The van der Waals surface area contributed by atoms with Gasteiger partial charge in [-0.1, -0.05) is 30.3 Å². The van der Waals surface area contributed by atoms with E-state index < -0.39 is 34.2 Å². The number of carbonyl (C=O) groups excluding carboxylic acids is 2. The molecule has 0 saturated heterocycles. The van der Waals surface area contributed by atoms with Crippen molar-refractivity contribution in [1.29, 1.82) is 0 Å². The molecule has 2 amide bonds. The van der Waals surface area contributed by atoms with E-state index in [1.54, 1.807) is 6.07 Å². The molecule has 7 nitrogen and oxygen atoms in total. The normalized spacial score (nSPS) is 11.0. The minimum Gasteiger partial charge on any atom is -0.366 e. The van der Waals surface area contributed by atoms with Gasteiger partial charge in [0, 0.05) is 11.3 Å². The van der Waals surface area contributed by atoms with Crippen LogP contribution >= 0.6 is 0 Å². The van der Waals surface area contributed by atoms with Crippen LogP contribution in [0.3, 0.4) is 0 Å². The Balaban J connectivity index is 1.90. The predicted molar refractivity (Wildman–Crippen MR) is 111 cm³/mol. The molecule has 0 aliphatic carbocycles. The first-order valence-corrected chi connectivity index (χ1v) is 10.2. The molecule has 0 aromatic heterocycles. The quantitative estimate of drug-likeness (QED) is 0.604. The lowest BCUT2D eigenvalue weighted by atomic mass is 10.2. The number of carbonyl (C=O) groups is 2. The van der Waals surface area contributed by atoms with Crippen molar-refractivity contribution in [3.8, 4) is 0 Å². The van der Waals surface area contributed by atoms with Gasteiger partial charge < -0.3 is 11.1 Å². The van der Waals surface area contributed by atoms with Crippen molar-refractivity contribution in [2.24, 2.45) is 5.73 Å². The van der Waals surface area contributed by atoms with Crippen molar-refractivity contribution in [2.45, 2.75) is 4.90 Å². The van der Waals surface area contributed by atoms with E-state index in [0.29, 0.717) is 9.99 Å². The molecule has 3 aromatic rings. The van der Waals surface area contributed by atoms with Gasteiger partial charge in [-0.25, -0.2) is 12.8 Å². The van der Waals surface area contributed by atoms with Gasteiger partial charge in [0.1, 0.15) is 12.4 Å². The molecule has 0 heterocycles.